The summed E-state index contributed by atoms with van der Waals surface area (Å²) < 4.78 is 21.7. The lowest BCUT2D eigenvalue weighted by atomic mass is 10.1. The topological polar surface area (TPSA) is 60.9 Å². The van der Waals surface area contributed by atoms with E-state index in [1.54, 1.807) is 12.3 Å². The zero-order chi connectivity index (χ0) is 18.3. The van der Waals surface area contributed by atoms with Gasteiger partial charge >= 0.3 is 0 Å². The highest BCUT2D eigenvalue weighted by atomic mass is 79.9. The SMILES string of the molecule is CCn1cc(-c2nc(-c3ccccc3Br)no2)c(=O)c2cc(F)ccc21. The van der Waals surface area contributed by atoms with Gasteiger partial charge < -0.3 is 9.09 Å². The lowest BCUT2D eigenvalue weighted by molar-refractivity contribution is 0.431. The normalized spacial score (nSPS) is 11.2. The molecule has 2 aromatic carbocycles. The van der Waals surface area contributed by atoms with Crippen LogP contribution in [0.15, 0.2) is 62.5 Å². The van der Waals surface area contributed by atoms with Crippen molar-refractivity contribution in [2.75, 3.05) is 0 Å². The highest BCUT2D eigenvalue weighted by Crippen LogP contribution is 2.27. The Morgan fingerprint density at radius 3 is 2.77 bits per heavy atom. The molecule has 2 aromatic heterocycles. The van der Waals surface area contributed by atoms with Gasteiger partial charge in [-0.15, -0.1) is 0 Å². The van der Waals surface area contributed by atoms with Gasteiger partial charge in [-0.2, -0.15) is 4.98 Å². The largest absolute Gasteiger partial charge is 0.347 e. The zero-order valence-electron chi connectivity index (χ0n) is 13.7. The van der Waals surface area contributed by atoms with E-state index < -0.39 is 5.82 Å². The molecule has 0 atom stereocenters. The molecule has 0 spiro atoms. The predicted octanol–water partition coefficient (Wildman–Crippen LogP) is 4.64. The van der Waals surface area contributed by atoms with Crippen molar-refractivity contribution >= 4 is 26.8 Å². The van der Waals surface area contributed by atoms with Crippen molar-refractivity contribution in [3.63, 3.8) is 0 Å². The summed E-state index contributed by atoms with van der Waals surface area (Å²) in [4.78, 5) is 17.2. The Bertz CT molecular complexity index is 1180. The second-order valence-electron chi connectivity index (χ2n) is 5.72. The summed E-state index contributed by atoms with van der Waals surface area (Å²) in [6, 6.07) is 11.6. The molecule has 7 heteroatoms. The van der Waals surface area contributed by atoms with E-state index in [1.165, 1.54) is 12.1 Å². The van der Waals surface area contributed by atoms with Crippen LogP contribution >= 0.6 is 15.9 Å². The standard InChI is InChI=1S/C19H13BrFN3O2/c1-2-24-10-14(17(25)13-9-11(21)7-8-16(13)24)19-22-18(23-26-19)12-5-3-4-6-15(12)20/h3-10H,2H2,1H3. The van der Waals surface area contributed by atoms with Crippen molar-refractivity contribution in [3.05, 3.63) is 69.2 Å². The predicted molar refractivity (Wildman–Crippen MR) is 100 cm³/mol. The number of nitrogens with zero attached hydrogens (tertiary/aromatic N) is 3. The third kappa shape index (κ3) is 2.74. The molecule has 4 aromatic rings. The first-order valence-electron chi connectivity index (χ1n) is 8.00. The highest BCUT2D eigenvalue weighted by molar-refractivity contribution is 9.10. The zero-order valence-corrected chi connectivity index (χ0v) is 15.3. The first-order chi connectivity index (χ1) is 12.6. The molecule has 0 fully saturated rings. The van der Waals surface area contributed by atoms with Crippen molar-refractivity contribution in [1.29, 1.82) is 0 Å². The van der Waals surface area contributed by atoms with Crippen LogP contribution in [-0.4, -0.2) is 14.7 Å². The van der Waals surface area contributed by atoms with Crippen LogP contribution in [0.5, 0.6) is 0 Å². The highest BCUT2D eigenvalue weighted by Gasteiger charge is 2.18. The summed E-state index contributed by atoms with van der Waals surface area (Å²) in [7, 11) is 0. The molecule has 0 aliphatic heterocycles. The molecule has 5 nitrogen and oxygen atoms in total. The molecule has 4 rings (SSSR count). The molecular weight excluding hydrogens is 401 g/mol. The van der Waals surface area contributed by atoms with Gasteiger partial charge in [-0.1, -0.05) is 33.2 Å². The van der Waals surface area contributed by atoms with Crippen molar-refractivity contribution in [1.82, 2.24) is 14.7 Å². The lowest BCUT2D eigenvalue weighted by Gasteiger charge is -2.09. The number of aryl methyl sites for hydroxylation is 1. The maximum absolute atomic E-state index is 13.7. The van der Waals surface area contributed by atoms with E-state index in [4.69, 9.17) is 4.52 Å². The Labute approximate surface area is 156 Å². The lowest BCUT2D eigenvalue weighted by Crippen LogP contribution is -2.12. The fraction of sp³-hybridized carbons (Fsp3) is 0.105. The number of fused-ring (bicyclic) bond motifs is 1. The molecule has 2 heterocycles. The van der Waals surface area contributed by atoms with E-state index >= 15 is 0 Å². The maximum Gasteiger partial charge on any atom is 0.263 e. The van der Waals surface area contributed by atoms with Crippen LogP contribution in [0.3, 0.4) is 0 Å². The number of pyridine rings is 1. The summed E-state index contributed by atoms with van der Waals surface area (Å²) in [6.45, 7) is 2.55. The first-order valence-corrected chi connectivity index (χ1v) is 8.79. The average molecular weight is 414 g/mol. The van der Waals surface area contributed by atoms with Gasteiger partial charge in [0.05, 0.1) is 5.52 Å². The van der Waals surface area contributed by atoms with Crippen molar-refractivity contribution in [2.24, 2.45) is 0 Å². The van der Waals surface area contributed by atoms with Crippen LogP contribution < -0.4 is 5.43 Å². The van der Waals surface area contributed by atoms with Crippen LogP contribution in [-0.2, 0) is 6.54 Å². The Morgan fingerprint density at radius 1 is 1.19 bits per heavy atom. The third-order valence-corrected chi connectivity index (χ3v) is 4.85. The summed E-state index contributed by atoms with van der Waals surface area (Å²) in [5, 5.41) is 4.26. The molecule has 0 saturated heterocycles. The molecule has 130 valence electrons. The van der Waals surface area contributed by atoms with E-state index in [1.807, 2.05) is 35.8 Å². The van der Waals surface area contributed by atoms with Crippen molar-refractivity contribution < 1.29 is 8.91 Å². The summed E-state index contributed by atoms with van der Waals surface area (Å²) in [6.07, 6.45) is 1.67. The molecule has 0 N–H and O–H groups in total. The monoisotopic (exact) mass is 413 g/mol. The number of hydrogen-bond donors (Lipinski definition) is 0. The van der Waals surface area contributed by atoms with Gasteiger partial charge in [0.15, 0.2) is 0 Å². The van der Waals surface area contributed by atoms with Crippen molar-refractivity contribution in [3.8, 4) is 22.8 Å². The quantitative estimate of drug-likeness (QED) is 0.490. The van der Waals surface area contributed by atoms with Crippen LogP contribution in [0.2, 0.25) is 0 Å². The molecular formula is C19H13BrFN3O2. The van der Waals surface area contributed by atoms with Gasteiger partial charge in [0.1, 0.15) is 11.4 Å². The molecule has 0 aliphatic carbocycles. The fourth-order valence-corrected chi connectivity index (χ4v) is 3.33. The van der Waals surface area contributed by atoms with Crippen LogP contribution in [0.4, 0.5) is 4.39 Å². The minimum Gasteiger partial charge on any atom is -0.347 e. The van der Waals surface area contributed by atoms with E-state index in [-0.39, 0.29) is 22.3 Å². The number of aromatic nitrogens is 3. The average Bonchev–Trinajstić information content (AvgIpc) is 3.12. The van der Waals surface area contributed by atoms with Gasteiger partial charge in [0.25, 0.3) is 5.89 Å². The fourth-order valence-electron chi connectivity index (χ4n) is 2.87. The van der Waals surface area contributed by atoms with E-state index in [9.17, 15) is 9.18 Å². The molecule has 0 saturated carbocycles. The summed E-state index contributed by atoms with van der Waals surface area (Å²) >= 11 is 3.45. The van der Waals surface area contributed by atoms with E-state index in [2.05, 4.69) is 26.1 Å². The first kappa shape index (κ1) is 16.7. The van der Waals surface area contributed by atoms with Crippen LogP contribution in [0.1, 0.15) is 6.92 Å². The number of halogens is 2. The van der Waals surface area contributed by atoms with Gasteiger partial charge in [-0.25, -0.2) is 4.39 Å². The van der Waals surface area contributed by atoms with Gasteiger partial charge in [-0.3, -0.25) is 4.79 Å². The van der Waals surface area contributed by atoms with E-state index in [0.717, 1.165) is 10.0 Å². The molecule has 0 amide bonds. The van der Waals surface area contributed by atoms with Gasteiger partial charge in [-0.05, 0) is 37.3 Å². The van der Waals surface area contributed by atoms with Crippen LogP contribution in [0.25, 0.3) is 33.7 Å². The molecule has 26 heavy (non-hydrogen) atoms. The maximum atomic E-state index is 13.7. The minimum absolute atomic E-state index is 0.106. The molecule has 0 unspecified atom stereocenters. The summed E-state index contributed by atoms with van der Waals surface area (Å²) in [5.41, 5.74) is 1.32. The van der Waals surface area contributed by atoms with Crippen LogP contribution in [0, 0.1) is 5.82 Å². The second-order valence-corrected chi connectivity index (χ2v) is 6.58. The molecule has 0 radical (unpaired) electrons. The minimum atomic E-state index is -0.464. The van der Waals surface area contributed by atoms with Crippen molar-refractivity contribution in [2.45, 2.75) is 13.5 Å². The van der Waals surface area contributed by atoms with Gasteiger partial charge in [0.2, 0.25) is 11.3 Å². The number of benzene rings is 2. The molecule has 0 bridgehead atoms. The van der Waals surface area contributed by atoms with Gasteiger partial charge in [0, 0.05) is 28.2 Å². The third-order valence-electron chi connectivity index (χ3n) is 4.15. The summed E-state index contributed by atoms with van der Waals surface area (Å²) in [5.74, 6) is 0.0113. The number of hydrogen-bond acceptors (Lipinski definition) is 4. The number of rotatable bonds is 3. The molecule has 0 aliphatic rings. The smallest absolute Gasteiger partial charge is 0.263 e. The Morgan fingerprint density at radius 2 is 2.00 bits per heavy atom. The Balaban J connectivity index is 1.92. The Hall–Kier alpha value is -2.80. The Kier molecular flexibility index (Phi) is 4.16. The van der Waals surface area contributed by atoms with E-state index in [0.29, 0.717) is 17.9 Å². The second kappa shape index (κ2) is 6.49.